The molecule has 0 aromatic heterocycles. The Kier molecular flexibility index (Phi) is 5.51. The summed E-state index contributed by atoms with van der Waals surface area (Å²) < 4.78 is 5.79. The average Bonchev–Trinajstić information content (AvgIpc) is 2.47. The number of methoxy groups -OCH3 is 1. The molecule has 1 N–H and O–H groups in total. The highest BCUT2D eigenvalue weighted by Crippen LogP contribution is 2.33. The van der Waals surface area contributed by atoms with Gasteiger partial charge in [0.05, 0.1) is 7.11 Å². The molecular weight excluding hydrogens is 377 g/mol. The van der Waals surface area contributed by atoms with Crippen LogP contribution in [0.5, 0.6) is 0 Å². The van der Waals surface area contributed by atoms with Crippen LogP contribution in [0.3, 0.4) is 0 Å². The number of ether oxygens (including phenoxy) is 1. The van der Waals surface area contributed by atoms with Gasteiger partial charge in [-0.3, -0.25) is 0 Å². The molecule has 21 heavy (non-hydrogen) atoms. The van der Waals surface area contributed by atoms with Gasteiger partial charge < -0.3 is 10.1 Å². The summed E-state index contributed by atoms with van der Waals surface area (Å²) in [6.45, 7) is 0. The minimum atomic E-state index is -0.780. The number of benzene rings is 2. The van der Waals surface area contributed by atoms with Crippen LogP contribution in [0, 0.1) is 0 Å². The molecule has 0 aliphatic carbocycles. The first kappa shape index (κ1) is 16.1. The van der Waals surface area contributed by atoms with Gasteiger partial charge in [-0.1, -0.05) is 45.2 Å². The van der Waals surface area contributed by atoms with Gasteiger partial charge in [0.15, 0.2) is 6.04 Å². The highest BCUT2D eigenvalue weighted by atomic mass is 79.9. The molecule has 0 aliphatic rings. The third kappa shape index (κ3) is 3.90. The number of hydrogen-bond donors (Lipinski definition) is 1. The molecule has 0 radical (unpaired) electrons. The SMILES string of the molecule is COC(=O)C(Nc1ccc(Br)cc1)c1c(Cl)cccc1Cl. The predicted octanol–water partition coefficient (Wildman–Crippen LogP) is 5.08. The molecule has 6 heteroatoms. The average molecular weight is 389 g/mol. The molecule has 3 nitrogen and oxygen atoms in total. The lowest BCUT2D eigenvalue weighted by Crippen LogP contribution is -2.23. The Labute approximate surface area is 141 Å². The Balaban J connectivity index is 2.39. The molecule has 0 saturated carbocycles. The summed E-state index contributed by atoms with van der Waals surface area (Å²) >= 11 is 15.7. The van der Waals surface area contributed by atoms with Gasteiger partial charge in [-0.2, -0.15) is 0 Å². The van der Waals surface area contributed by atoms with E-state index in [9.17, 15) is 4.79 Å². The summed E-state index contributed by atoms with van der Waals surface area (Å²) in [5.74, 6) is -0.465. The van der Waals surface area contributed by atoms with Crippen molar-refractivity contribution in [1.29, 1.82) is 0 Å². The number of hydrogen-bond acceptors (Lipinski definition) is 3. The Hall–Kier alpha value is -1.23. The fraction of sp³-hybridized carbons (Fsp3) is 0.133. The lowest BCUT2D eigenvalue weighted by Gasteiger charge is -2.20. The van der Waals surface area contributed by atoms with Gasteiger partial charge in [0.1, 0.15) is 0 Å². The van der Waals surface area contributed by atoms with Crippen molar-refractivity contribution in [2.45, 2.75) is 6.04 Å². The molecule has 0 fully saturated rings. The first-order chi connectivity index (χ1) is 10.0. The van der Waals surface area contributed by atoms with Gasteiger partial charge in [-0.05, 0) is 36.4 Å². The summed E-state index contributed by atoms with van der Waals surface area (Å²) in [4.78, 5) is 12.1. The van der Waals surface area contributed by atoms with E-state index in [1.165, 1.54) is 7.11 Å². The highest BCUT2D eigenvalue weighted by molar-refractivity contribution is 9.10. The summed E-state index contributed by atoms with van der Waals surface area (Å²) in [7, 11) is 1.32. The molecule has 0 bridgehead atoms. The van der Waals surface area contributed by atoms with E-state index in [1.807, 2.05) is 24.3 Å². The molecular formula is C15H12BrCl2NO2. The van der Waals surface area contributed by atoms with E-state index in [-0.39, 0.29) is 0 Å². The normalized spacial score (nSPS) is 11.8. The number of anilines is 1. The Bertz CT molecular complexity index is 626. The number of carbonyl (C=O) groups excluding carboxylic acids is 1. The molecule has 0 saturated heterocycles. The zero-order valence-corrected chi connectivity index (χ0v) is 14.2. The van der Waals surface area contributed by atoms with Crippen LogP contribution in [0.15, 0.2) is 46.9 Å². The molecule has 2 aromatic carbocycles. The fourth-order valence-corrected chi connectivity index (χ4v) is 2.75. The van der Waals surface area contributed by atoms with E-state index in [0.717, 1.165) is 10.2 Å². The molecule has 1 unspecified atom stereocenters. The molecule has 2 rings (SSSR count). The lowest BCUT2D eigenvalue weighted by molar-refractivity contribution is -0.141. The van der Waals surface area contributed by atoms with Gasteiger partial charge >= 0.3 is 5.97 Å². The monoisotopic (exact) mass is 387 g/mol. The molecule has 0 aliphatic heterocycles. The molecule has 0 spiro atoms. The second-order valence-electron chi connectivity index (χ2n) is 4.24. The third-order valence-electron chi connectivity index (χ3n) is 2.88. The Morgan fingerprint density at radius 2 is 1.71 bits per heavy atom. The van der Waals surface area contributed by atoms with Crippen LogP contribution in [0.1, 0.15) is 11.6 Å². The zero-order valence-electron chi connectivity index (χ0n) is 11.1. The van der Waals surface area contributed by atoms with Crippen molar-refractivity contribution < 1.29 is 9.53 Å². The quantitative estimate of drug-likeness (QED) is 0.742. The predicted molar refractivity (Wildman–Crippen MR) is 89.0 cm³/mol. The lowest BCUT2D eigenvalue weighted by atomic mass is 10.1. The smallest absolute Gasteiger partial charge is 0.333 e. The van der Waals surface area contributed by atoms with E-state index < -0.39 is 12.0 Å². The van der Waals surface area contributed by atoms with Crippen LogP contribution in [-0.4, -0.2) is 13.1 Å². The molecule has 1 atom stereocenters. The van der Waals surface area contributed by atoms with Gasteiger partial charge in [0.2, 0.25) is 0 Å². The van der Waals surface area contributed by atoms with E-state index >= 15 is 0 Å². The maximum atomic E-state index is 12.1. The first-order valence-corrected chi connectivity index (χ1v) is 7.61. The third-order valence-corrected chi connectivity index (χ3v) is 4.07. The summed E-state index contributed by atoms with van der Waals surface area (Å²) in [6.07, 6.45) is 0. The number of nitrogens with one attached hydrogen (secondary N) is 1. The fourth-order valence-electron chi connectivity index (χ4n) is 1.87. The van der Waals surface area contributed by atoms with Gasteiger partial charge in [0, 0.05) is 25.8 Å². The van der Waals surface area contributed by atoms with E-state index in [0.29, 0.717) is 15.6 Å². The maximum Gasteiger partial charge on any atom is 0.333 e. The highest BCUT2D eigenvalue weighted by Gasteiger charge is 2.26. The summed E-state index contributed by atoms with van der Waals surface area (Å²) in [5, 5.41) is 3.90. The molecule has 110 valence electrons. The largest absolute Gasteiger partial charge is 0.467 e. The van der Waals surface area contributed by atoms with Crippen LogP contribution < -0.4 is 5.32 Å². The minimum absolute atomic E-state index is 0.405. The van der Waals surface area contributed by atoms with Crippen LogP contribution >= 0.6 is 39.1 Å². The van der Waals surface area contributed by atoms with E-state index in [1.54, 1.807) is 18.2 Å². The van der Waals surface area contributed by atoms with Crippen molar-refractivity contribution in [2.24, 2.45) is 0 Å². The molecule has 2 aromatic rings. The first-order valence-electron chi connectivity index (χ1n) is 6.06. The van der Waals surface area contributed by atoms with Gasteiger partial charge in [-0.15, -0.1) is 0 Å². The zero-order chi connectivity index (χ0) is 15.4. The van der Waals surface area contributed by atoms with Crippen LogP contribution in [0.25, 0.3) is 0 Å². The second kappa shape index (κ2) is 7.16. The van der Waals surface area contributed by atoms with Crippen molar-refractivity contribution >= 4 is 50.8 Å². The molecule has 0 heterocycles. The standard InChI is InChI=1S/C15H12BrCl2NO2/c1-21-15(20)14(13-11(17)3-2-4-12(13)18)19-10-7-5-9(16)6-8-10/h2-8,14,19H,1H3. The molecule has 0 amide bonds. The van der Waals surface area contributed by atoms with Crippen molar-refractivity contribution in [3.63, 3.8) is 0 Å². The second-order valence-corrected chi connectivity index (χ2v) is 5.97. The van der Waals surface area contributed by atoms with Crippen LogP contribution in [0.2, 0.25) is 10.0 Å². The van der Waals surface area contributed by atoms with Gasteiger partial charge in [0.25, 0.3) is 0 Å². The maximum absolute atomic E-state index is 12.1. The summed E-state index contributed by atoms with van der Waals surface area (Å²) in [5.41, 5.74) is 1.25. The van der Waals surface area contributed by atoms with Gasteiger partial charge in [-0.25, -0.2) is 4.79 Å². The van der Waals surface area contributed by atoms with E-state index in [2.05, 4.69) is 21.2 Å². The minimum Gasteiger partial charge on any atom is -0.467 e. The topological polar surface area (TPSA) is 38.3 Å². The number of esters is 1. The number of halogens is 3. The van der Waals surface area contributed by atoms with E-state index in [4.69, 9.17) is 27.9 Å². The van der Waals surface area contributed by atoms with Crippen LogP contribution in [0.4, 0.5) is 5.69 Å². The van der Waals surface area contributed by atoms with Crippen molar-refractivity contribution in [2.75, 3.05) is 12.4 Å². The Morgan fingerprint density at radius 3 is 2.24 bits per heavy atom. The van der Waals surface area contributed by atoms with Crippen molar-refractivity contribution in [1.82, 2.24) is 0 Å². The number of carbonyl (C=O) groups is 1. The summed E-state index contributed by atoms with van der Waals surface area (Å²) in [6, 6.07) is 11.7. The number of rotatable bonds is 4. The van der Waals surface area contributed by atoms with Crippen LogP contribution in [-0.2, 0) is 9.53 Å². The van der Waals surface area contributed by atoms with Crippen molar-refractivity contribution in [3.05, 3.63) is 62.5 Å². The Morgan fingerprint density at radius 1 is 1.14 bits per heavy atom. The van der Waals surface area contributed by atoms with Crippen molar-refractivity contribution in [3.8, 4) is 0 Å².